The Balaban J connectivity index is 2.73. The Bertz CT molecular complexity index is 343. The first-order chi connectivity index (χ1) is 6.99. The number of halogens is 1. The number of rotatable bonds is 3. The van der Waals surface area contributed by atoms with Crippen molar-refractivity contribution in [2.45, 2.75) is 20.8 Å². The predicted octanol–water partition coefficient (Wildman–Crippen LogP) is 2.43. The lowest BCUT2D eigenvalue weighted by atomic mass is 10.2. The summed E-state index contributed by atoms with van der Waals surface area (Å²) in [5.41, 5.74) is 1.31. The molecular weight excluding hydrogens is 212 g/mol. The molecule has 15 heavy (non-hydrogen) atoms. The summed E-state index contributed by atoms with van der Waals surface area (Å²) in [6, 6.07) is 3.30. The van der Waals surface area contributed by atoms with Gasteiger partial charge in [-0.3, -0.25) is 4.79 Å². The number of carbonyl (C=O) groups excluding carboxylic acids is 1. The second kappa shape index (κ2) is 5.12. The van der Waals surface area contributed by atoms with Crippen LogP contribution in [0.5, 0.6) is 0 Å². The second-order valence-corrected chi connectivity index (χ2v) is 4.31. The highest BCUT2D eigenvalue weighted by Crippen LogP contribution is 2.10. The van der Waals surface area contributed by atoms with Crippen molar-refractivity contribution in [2.75, 3.05) is 6.54 Å². The van der Waals surface area contributed by atoms with Gasteiger partial charge in [0, 0.05) is 17.8 Å². The van der Waals surface area contributed by atoms with Crippen LogP contribution in [-0.4, -0.2) is 17.4 Å². The largest absolute Gasteiger partial charge is 0.352 e. The maximum atomic E-state index is 11.7. The lowest BCUT2D eigenvalue weighted by Crippen LogP contribution is -2.27. The van der Waals surface area contributed by atoms with Crippen molar-refractivity contribution in [3.8, 4) is 0 Å². The number of hydrogen-bond acceptors (Lipinski definition) is 2. The lowest BCUT2D eigenvalue weighted by Gasteiger charge is -2.08. The molecule has 1 rings (SSSR count). The summed E-state index contributed by atoms with van der Waals surface area (Å²) in [5, 5.41) is 3.18. The third-order valence-corrected chi connectivity index (χ3v) is 2.05. The normalized spacial score (nSPS) is 10.5. The monoisotopic (exact) mass is 226 g/mol. The van der Waals surface area contributed by atoms with Gasteiger partial charge in [-0.1, -0.05) is 25.4 Å². The van der Waals surface area contributed by atoms with Crippen molar-refractivity contribution in [2.24, 2.45) is 5.92 Å². The summed E-state index contributed by atoms with van der Waals surface area (Å²) in [6.45, 7) is 6.57. The fourth-order valence-corrected chi connectivity index (χ4v) is 1.41. The summed E-state index contributed by atoms with van der Waals surface area (Å²) in [6.07, 6.45) is 0. The molecule has 0 saturated heterocycles. The van der Waals surface area contributed by atoms with Gasteiger partial charge in [0.15, 0.2) is 0 Å². The molecule has 1 aromatic rings. The molecule has 0 aliphatic rings. The van der Waals surface area contributed by atoms with Crippen molar-refractivity contribution in [3.05, 3.63) is 28.5 Å². The van der Waals surface area contributed by atoms with Crippen LogP contribution in [0.4, 0.5) is 0 Å². The van der Waals surface area contributed by atoms with Crippen LogP contribution < -0.4 is 5.32 Å². The van der Waals surface area contributed by atoms with Gasteiger partial charge >= 0.3 is 0 Å². The molecule has 4 heteroatoms. The number of aromatic nitrogens is 1. The molecule has 0 radical (unpaired) electrons. The van der Waals surface area contributed by atoms with E-state index in [1.807, 2.05) is 20.8 Å². The molecule has 0 atom stereocenters. The second-order valence-electron chi connectivity index (χ2n) is 3.92. The van der Waals surface area contributed by atoms with Gasteiger partial charge < -0.3 is 5.32 Å². The Morgan fingerprint density at radius 3 is 2.73 bits per heavy atom. The van der Waals surface area contributed by atoms with Crippen molar-refractivity contribution in [1.82, 2.24) is 10.3 Å². The molecule has 1 aromatic heterocycles. The number of amides is 1. The minimum absolute atomic E-state index is 0.101. The van der Waals surface area contributed by atoms with Crippen LogP contribution in [0.3, 0.4) is 0 Å². The SMILES string of the molecule is Cc1cc(C(=O)NCC(C)C)cc(Cl)n1. The van der Waals surface area contributed by atoms with Crippen LogP contribution in [-0.2, 0) is 0 Å². The Hall–Kier alpha value is -1.09. The summed E-state index contributed by atoms with van der Waals surface area (Å²) in [7, 11) is 0. The van der Waals surface area contributed by atoms with Gasteiger partial charge in [-0.2, -0.15) is 0 Å². The van der Waals surface area contributed by atoms with Crippen LogP contribution >= 0.6 is 11.6 Å². The van der Waals surface area contributed by atoms with E-state index < -0.39 is 0 Å². The first-order valence-electron chi connectivity index (χ1n) is 4.91. The van der Waals surface area contributed by atoms with Crippen molar-refractivity contribution in [1.29, 1.82) is 0 Å². The predicted molar refractivity (Wildman–Crippen MR) is 61.2 cm³/mol. The number of nitrogens with zero attached hydrogens (tertiary/aromatic N) is 1. The third kappa shape index (κ3) is 3.88. The molecule has 0 aliphatic carbocycles. The molecule has 0 aromatic carbocycles. The number of nitrogens with one attached hydrogen (secondary N) is 1. The molecule has 0 bridgehead atoms. The first-order valence-corrected chi connectivity index (χ1v) is 5.29. The van der Waals surface area contributed by atoms with Crippen LogP contribution in [0.25, 0.3) is 0 Å². The number of aryl methyl sites for hydroxylation is 1. The fourth-order valence-electron chi connectivity index (χ4n) is 1.16. The Morgan fingerprint density at radius 1 is 1.53 bits per heavy atom. The smallest absolute Gasteiger partial charge is 0.251 e. The van der Waals surface area contributed by atoms with E-state index in [2.05, 4.69) is 10.3 Å². The zero-order valence-corrected chi connectivity index (χ0v) is 9.93. The molecule has 82 valence electrons. The molecule has 3 nitrogen and oxygen atoms in total. The molecule has 0 unspecified atom stereocenters. The van der Waals surface area contributed by atoms with Crippen LogP contribution in [0, 0.1) is 12.8 Å². The zero-order chi connectivity index (χ0) is 11.4. The average Bonchev–Trinajstić information content (AvgIpc) is 2.12. The zero-order valence-electron chi connectivity index (χ0n) is 9.17. The molecule has 1 amide bonds. The molecule has 1 heterocycles. The summed E-state index contributed by atoms with van der Waals surface area (Å²) < 4.78 is 0. The van der Waals surface area contributed by atoms with E-state index in [-0.39, 0.29) is 5.91 Å². The van der Waals surface area contributed by atoms with Gasteiger partial charge in [-0.05, 0) is 25.0 Å². The van der Waals surface area contributed by atoms with E-state index in [1.54, 1.807) is 12.1 Å². The first kappa shape index (κ1) is 12.0. The van der Waals surface area contributed by atoms with Gasteiger partial charge in [0.2, 0.25) is 0 Å². The molecule has 0 fully saturated rings. The topological polar surface area (TPSA) is 42.0 Å². The van der Waals surface area contributed by atoms with Crippen LogP contribution in [0.15, 0.2) is 12.1 Å². The van der Waals surface area contributed by atoms with E-state index in [1.165, 1.54) is 0 Å². The number of hydrogen-bond donors (Lipinski definition) is 1. The molecular formula is C11H15ClN2O. The van der Waals surface area contributed by atoms with Crippen molar-refractivity contribution >= 4 is 17.5 Å². The Labute approximate surface area is 94.9 Å². The van der Waals surface area contributed by atoms with Crippen molar-refractivity contribution < 1.29 is 4.79 Å². The minimum atomic E-state index is -0.101. The van der Waals surface area contributed by atoms with Gasteiger partial charge in [0.05, 0.1) is 0 Å². The van der Waals surface area contributed by atoms with Crippen molar-refractivity contribution in [3.63, 3.8) is 0 Å². The molecule has 1 N–H and O–H groups in total. The van der Waals surface area contributed by atoms with E-state index in [0.29, 0.717) is 23.2 Å². The number of pyridine rings is 1. The fraction of sp³-hybridized carbons (Fsp3) is 0.455. The summed E-state index contributed by atoms with van der Waals surface area (Å²) in [4.78, 5) is 15.7. The number of carbonyl (C=O) groups is 1. The molecule has 0 saturated carbocycles. The summed E-state index contributed by atoms with van der Waals surface area (Å²) in [5.74, 6) is 0.337. The Morgan fingerprint density at radius 2 is 2.20 bits per heavy atom. The van der Waals surface area contributed by atoms with E-state index in [9.17, 15) is 4.79 Å². The highest BCUT2D eigenvalue weighted by Gasteiger charge is 2.07. The van der Waals surface area contributed by atoms with Gasteiger partial charge in [0.25, 0.3) is 5.91 Å². The summed E-state index contributed by atoms with van der Waals surface area (Å²) >= 11 is 5.77. The quantitative estimate of drug-likeness (QED) is 0.805. The van der Waals surface area contributed by atoms with Gasteiger partial charge in [-0.15, -0.1) is 0 Å². The maximum absolute atomic E-state index is 11.7. The highest BCUT2D eigenvalue weighted by atomic mass is 35.5. The van der Waals surface area contributed by atoms with Crippen LogP contribution in [0.2, 0.25) is 5.15 Å². The lowest BCUT2D eigenvalue weighted by molar-refractivity contribution is 0.0949. The van der Waals surface area contributed by atoms with Gasteiger partial charge in [-0.25, -0.2) is 4.98 Å². The third-order valence-electron chi connectivity index (χ3n) is 1.86. The average molecular weight is 227 g/mol. The molecule has 0 aliphatic heterocycles. The molecule has 0 spiro atoms. The van der Waals surface area contributed by atoms with E-state index in [4.69, 9.17) is 11.6 Å². The highest BCUT2D eigenvalue weighted by molar-refractivity contribution is 6.29. The Kier molecular flexibility index (Phi) is 4.09. The van der Waals surface area contributed by atoms with Crippen LogP contribution in [0.1, 0.15) is 29.9 Å². The van der Waals surface area contributed by atoms with E-state index >= 15 is 0 Å². The van der Waals surface area contributed by atoms with Gasteiger partial charge in [0.1, 0.15) is 5.15 Å². The van der Waals surface area contributed by atoms with E-state index in [0.717, 1.165) is 5.69 Å². The minimum Gasteiger partial charge on any atom is -0.352 e. The maximum Gasteiger partial charge on any atom is 0.251 e. The standard InChI is InChI=1S/C11H15ClN2O/c1-7(2)6-13-11(15)9-4-8(3)14-10(12)5-9/h4-5,7H,6H2,1-3H3,(H,13,15).